The lowest BCUT2D eigenvalue weighted by Gasteiger charge is -2.24. The molecule has 0 N–H and O–H groups in total. The van der Waals surface area contributed by atoms with Gasteiger partial charge < -0.3 is 14.7 Å². The van der Waals surface area contributed by atoms with Crippen molar-refractivity contribution < 1.29 is 4.79 Å². The van der Waals surface area contributed by atoms with Crippen molar-refractivity contribution in [1.82, 2.24) is 29.5 Å². The minimum absolute atomic E-state index is 0.174. The fraction of sp³-hybridized carbons (Fsp3) is 0.579. The smallest absolute Gasteiger partial charge is 0.291 e. The molecule has 146 valence electrons. The molecule has 1 aliphatic heterocycles. The SMILES string of the molecule is Cc1nc(C(=O)N(C)Cc2cnn(C)c2)nc(N2CC[C@@H](N(C)C)C2)c1C. The molecule has 3 rings (SSSR count). The largest absolute Gasteiger partial charge is 0.355 e. The van der Waals surface area contributed by atoms with Crippen LogP contribution in [0.4, 0.5) is 5.82 Å². The first-order valence-corrected chi connectivity index (χ1v) is 9.26. The van der Waals surface area contributed by atoms with Gasteiger partial charge in [0.2, 0.25) is 5.82 Å². The van der Waals surface area contributed by atoms with Crippen molar-refractivity contribution in [3.8, 4) is 0 Å². The van der Waals surface area contributed by atoms with Crippen molar-refractivity contribution in [2.45, 2.75) is 32.9 Å². The summed E-state index contributed by atoms with van der Waals surface area (Å²) in [6.45, 7) is 6.31. The van der Waals surface area contributed by atoms with Crippen molar-refractivity contribution >= 4 is 11.7 Å². The summed E-state index contributed by atoms with van der Waals surface area (Å²) >= 11 is 0. The van der Waals surface area contributed by atoms with E-state index in [-0.39, 0.29) is 11.7 Å². The normalized spacial score (nSPS) is 17.0. The Bertz CT molecular complexity index is 829. The quantitative estimate of drug-likeness (QED) is 0.788. The fourth-order valence-corrected chi connectivity index (χ4v) is 3.44. The van der Waals surface area contributed by atoms with Crippen LogP contribution in [0, 0.1) is 13.8 Å². The zero-order chi connectivity index (χ0) is 19.7. The van der Waals surface area contributed by atoms with Crippen LogP contribution in [-0.4, -0.2) is 75.7 Å². The van der Waals surface area contributed by atoms with Crippen molar-refractivity contribution in [3.05, 3.63) is 35.0 Å². The first-order chi connectivity index (χ1) is 12.8. The predicted molar refractivity (Wildman–Crippen MR) is 105 cm³/mol. The predicted octanol–water partition coefficient (Wildman–Crippen LogP) is 1.24. The minimum atomic E-state index is -0.174. The van der Waals surface area contributed by atoms with Gasteiger partial charge in [-0.05, 0) is 34.4 Å². The Morgan fingerprint density at radius 1 is 1.26 bits per heavy atom. The first-order valence-electron chi connectivity index (χ1n) is 9.26. The van der Waals surface area contributed by atoms with E-state index >= 15 is 0 Å². The fourth-order valence-electron chi connectivity index (χ4n) is 3.44. The highest BCUT2D eigenvalue weighted by atomic mass is 16.2. The van der Waals surface area contributed by atoms with E-state index in [1.807, 2.05) is 27.1 Å². The van der Waals surface area contributed by atoms with Crippen LogP contribution in [0.2, 0.25) is 0 Å². The Kier molecular flexibility index (Phi) is 5.46. The van der Waals surface area contributed by atoms with E-state index < -0.39 is 0 Å². The van der Waals surface area contributed by atoms with Crippen LogP contribution < -0.4 is 4.90 Å². The summed E-state index contributed by atoms with van der Waals surface area (Å²) < 4.78 is 1.73. The van der Waals surface area contributed by atoms with Gasteiger partial charge >= 0.3 is 0 Å². The molecule has 2 aromatic heterocycles. The van der Waals surface area contributed by atoms with Crippen molar-refractivity contribution in [3.63, 3.8) is 0 Å². The highest BCUT2D eigenvalue weighted by Crippen LogP contribution is 2.25. The highest BCUT2D eigenvalue weighted by Gasteiger charge is 2.28. The number of aryl methyl sites for hydroxylation is 2. The summed E-state index contributed by atoms with van der Waals surface area (Å²) in [5.41, 5.74) is 2.87. The molecule has 0 bridgehead atoms. The molecule has 27 heavy (non-hydrogen) atoms. The van der Waals surface area contributed by atoms with E-state index in [4.69, 9.17) is 0 Å². The molecule has 0 aliphatic carbocycles. The molecular weight excluding hydrogens is 342 g/mol. The second-order valence-corrected chi connectivity index (χ2v) is 7.62. The average molecular weight is 371 g/mol. The van der Waals surface area contributed by atoms with Crippen molar-refractivity contribution in [2.75, 3.05) is 39.1 Å². The maximum absolute atomic E-state index is 12.9. The molecule has 0 saturated carbocycles. The minimum Gasteiger partial charge on any atom is -0.355 e. The molecule has 3 heterocycles. The molecule has 8 heteroatoms. The molecule has 0 radical (unpaired) electrons. The molecule has 1 aliphatic rings. The molecule has 0 unspecified atom stereocenters. The van der Waals surface area contributed by atoms with Gasteiger partial charge in [0.1, 0.15) is 5.82 Å². The number of hydrogen-bond acceptors (Lipinski definition) is 6. The molecule has 0 aromatic carbocycles. The summed E-state index contributed by atoms with van der Waals surface area (Å²) in [6, 6.07) is 0.507. The number of carbonyl (C=O) groups is 1. The van der Waals surface area contributed by atoms with Gasteiger partial charge in [0.25, 0.3) is 5.91 Å². The number of aromatic nitrogens is 4. The third-order valence-corrected chi connectivity index (χ3v) is 5.27. The lowest BCUT2D eigenvalue weighted by Crippen LogP contribution is -2.33. The number of rotatable bonds is 5. The molecular formula is C19H29N7O. The summed E-state index contributed by atoms with van der Waals surface area (Å²) in [7, 11) is 7.84. The molecule has 1 amide bonds. The van der Waals surface area contributed by atoms with Gasteiger partial charge in [0.15, 0.2) is 0 Å². The monoisotopic (exact) mass is 371 g/mol. The first kappa shape index (κ1) is 19.3. The van der Waals surface area contributed by atoms with Gasteiger partial charge in [-0.3, -0.25) is 9.48 Å². The molecule has 2 aromatic rings. The second kappa shape index (κ2) is 7.64. The van der Waals surface area contributed by atoms with Gasteiger partial charge in [-0.1, -0.05) is 0 Å². The van der Waals surface area contributed by atoms with E-state index in [1.165, 1.54) is 0 Å². The van der Waals surface area contributed by atoms with Gasteiger partial charge in [0, 0.05) is 62.8 Å². The Labute approximate surface area is 160 Å². The Hall–Kier alpha value is -2.48. The molecule has 8 nitrogen and oxygen atoms in total. The number of likely N-dealkylation sites (N-methyl/N-ethyl adjacent to an activating group) is 1. The number of nitrogens with zero attached hydrogens (tertiary/aromatic N) is 7. The van der Waals surface area contributed by atoms with Crippen LogP contribution in [0.15, 0.2) is 12.4 Å². The summed E-state index contributed by atoms with van der Waals surface area (Å²) in [5.74, 6) is 0.962. The second-order valence-electron chi connectivity index (χ2n) is 7.62. The van der Waals surface area contributed by atoms with E-state index in [0.717, 1.165) is 42.1 Å². The van der Waals surface area contributed by atoms with Crippen molar-refractivity contribution in [1.29, 1.82) is 0 Å². The Balaban J connectivity index is 1.81. The van der Waals surface area contributed by atoms with Gasteiger partial charge in [-0.25, -0.2) is 9.97 Å². The van der Waals surface area contributed by atoms with Gasteiger partial charge in [-0.2, -0.15) is 5.10 Å². The van der Waals surface area contributed by atoms with E-state index in [1.54, 1.807) is 22.8 Å². The average Bonchev–Trinajstić information content (AvgIpc) is 3.25. The molecule has 0 spiro atoms. The van der Waals surface area contributed by atoms with E-state index in [2.05, 4.69) is 39.0 Å². The van der Waals surface area contributed by atoms with Crippen LogP contribution in [-0.2, 0) is 13.6 Å². The number of hydrogen-bond donors (Lipinski definition) is 0. The zero-order valence-corrected chi connectivity index (χ0v) is 17.1. The van der Waals surface area contributed by atoms with Crippen LogP contribution in [0.3, 0.4) is 0 Å². The number of amides is 1. The van der Waals surface area contributed by atoms with E-state index in [0.29, 0.717) is 12.6 Å². The summed E-state index contributed by atoms with van der Waals surface area (Å²) in [6.07, 6.45) is 4.77. The van der Waals surface area contributed by atoms with Crippen LogP contribution in [0.25, 0.3) is 0 Å². The van der Waals surface area contributed by atoms with Gasteiger partial charge in [0.05, 0.1) is 6.20 Å². The standard InChI is InChI=1S/C19H29N7O/c1-13-14(2)21-17(19(27)24(5)10-15-9-20-25(6)11-15)22-18(13)26-8-7-16(12-26)23(3)4/h9,11,16H,7-8,10,12H2,1-6H3/t16-/m1/s1. The van der Waals surface area contributed by atoms with Gasteiger partial charge in [-0.15, -0.1) is 0 Å². The van der Waals surface area contributed by atoms with Crippen LogP contribution >= 0.6 is 0 Å². The van der Waals surface area contributed by atoms with Crippen molar-refractivity contribution in [2.24, 2.45) is 7.05 Å². The third kappa shape index (κ3) is 4.10. The maximum atomic E-state index is 12.9. The Morgan fingerprint density at radius 2 is 2.00 bits per heavy atom. The maximum Gasteiger partial charge on any atom is 0.291 e. The number of carbonyl (C=O) groups excluding carboxylic acids is 1. The third-order valence-electron chi connectivity index (χ3n) is 5.27. The number of anilines is 1. The lowest BCUT2D eigenvalue weighted by atomic mass is 10.2. The Morgan fingerprint density at radius 3 is 2.59 bits per heavy atom. The van der Waals surface area contributed by atoms with Crippen LogP contribution in [0.5, 0.6) is 0 Å². The summed E-state index contributed by atoms with van der Waals surface area (Å²) in [5, 5.41) is 4.15. The van der Waals surface area contributed by atoms with E-state index in [9.17, 15) is 4.79 Å². The highest BCUT2D eigenvalue weighted by molar-refractivity contribution is 5.90. The molecule has 1 fully saturated rings. The topological polar surface area (TPSA) is 70.4 Å². The molecule has 1 atom stereocenters. The van der Waals surface area contributed by atoms with Crippen LogP contribution in [0.1, 0.15) is 33.9 Å². The summed E-state index contributed by atoms with van der Waals surface area (Å²) in [4.78, 5) is 28.2. The lowest BCUT2D eigenvalue weighted by molar-refractivity contribution is 0.0772. The molecule has 1 saturated heterocycles. The zero-order valence-electron chi connectivity index (χ0n) is 17.1.